The number of hydrogen-bond acceptors (Lipinski definition) is 8. The first-order valence-electron chi connectivity index (χ1n) is 16.0. The summed E-state index contributed by atoms with van der Waals surface area (Å²) in [5, 5.41) is 17.4. The molecular formula is C36H46N4O6S3. The summed E-state index contributed by atoms with van der Waals surface area (Å²) in [5.74, 6) is -0.861. The van der Waals surface area contributed by atoms with Gasteiger partial charge in [0.25, 0.3) is 5.91 Å². The normalized spacial score (nSPS) is 17.6. The minimum Gasteiger partial charge on any atom is -0.381 e. The number of amides is 3. The first kappa shape index (κ1) is 38.4. The van der Waals surface area contributed by atoms with Crippen molar-refractivity contribution < 1.29 is 27.9 Å². The Kier molecular flexibility index (Phi) is 13.4. The number of aryl methyl sites for hydroxylation is 2. The van der Waals surface area contributed by atoms with Crippen molar-refractivity contribution in [3.8, 4) is 0 Å². The fourth-order valence-electron chi connectivity index (χ4n) is 5.64. The third-order valence-electron chi connectivity index (χ3n) is 8.40. The van der Waals surface area contributed by atoms with Gasteiger partial charge in [-0.25, -0.2) is 13.1 Å². The van der Waals surface area contributed by atoms with Gasteiger partial charge in [-0.2, -0.15) is 11.8 Å². The summed E-state index contributed by atoms with van der Waals surface area (Å²) in [5.41, 5.74) is 4.89. The van der Waals surface area contributed by atoms with Crippen LogP contribution in [0.25, 0.3) is 0 Å². The number of hydrogen-bond donors (Lipinski definition) is 4. The third kappa shape index (κ3) is 11.1. The Bertz CT molecular complexity index is 1700. The molecule has 4 N–H and O–H groups in total. The van der Waals surface area contributed by atoms with E-state index in [0.29, 0.717) is 5.75 Å². The average Bonchev–Trinajstić information content (AvgIpc) is 3.38. The SMILES string of the molecule is Cc1ccc(CSC[C@@H](NS(C)(=O)=O)C(=O)N[C@@H](Cc2ccccc2)[C@H](O)C(=O)N2CSC(C)(C)[C@H]2C(=O)NCc2ccccc2C)cc1. The van der Waals surface area contributed by atoms with Crippen molar-refractivity contribution in [1.82, 2.24) is 20.3 Å². The van der Waals surface area contributed by atoms with Crippen LogP contribution in [0.1, 0.15) is 41.7 Å². The zero-order valence-corrected chi connectivity index (χ0v) is 31.0. The second kappa shape index (κ2) is 17.0. The van der Waals surface area contributed by atoms with E-state index in [1.54, 1.807) is 0 Å². The second-order valence-electron chi connectivity index (χ2n) is 12.9. The molecule has 3 aromatic carbocycles. The van der Waals surface area contributed by atoms with Gasteiger partial charge in [0.1, 0.15) is 12.1 Å². The number of carbonyl (C=O) groups is 3. The summed E-state index contributed by atoms with van der Waals surface area (Å²) in [6.45, 7) is 8.01. The first-order chi connectivity index (χ1) is 23.1. The van der Waals surface area contributed by atoms with Crippen molar-refractivity contribution in [1.29, 1.82) is 0 Å². The van der Waals surface area contributed by atoms with Crippen molar-refractivity contribution >= 4 is 51.3 Å². The lowest BCUT2D eigenvalue weighted by Crippen LogP contribution is -2.60. The van der Waals surface area contributed by atoms with Crippen LogP contribution in [0.3, 0.4) is 0 Å². The lowest BCUT2D eigenvalue weighted by Gasteiger charge is -2.33. The van der Waals surface area contributed by atoms with Crippen LogP contribution in [0, 0.1) is 13.8 Å². The maximum Gasteiger partial charge on any atom is 0.254 e. The monoisotopic (exact) mass is 726 g/mol. The molecule has 0 saturated carbocycles. The molecule has 264 valence electrons. The van der Waals surface area contributed by atoms with E-state index in [0.717, 1.165) is 34.1 Å². The van der Waals surface area contributed by atoms with Gasteiger partial charge in [-0.05, 0) is 56.4 Å². The number of aliphatic hydroxyl groups is 1. The molecule has 3 amide bonds. The summed E-state index contributed by atoms with van der Waals surface area (Å²) in [6, 6.07) is 21.6. The summed E-state index contributed by atoms with van der Waals surface area (Å²) in [6.07, 6.45) is -0.644. The van der Waals surface area contributed by atoms with E-state index in [1.807, 2.05) is 107 Å². The summed E-state index contributed by atoms with van der Waals surface area (Å²) in [4.78, 5) is 42.8. The van der Waals surface area contributed by atoms with Crippen molar-refractivity contribution in [2.24, 2.45) is 0 Å². The molecule has 4 rings (SSSR count). The smallest absolute Gasteiger partial charge is 0.254 e. The number of sulfonamides is 1. The van der Waals surface area contributed by atoms with Gasteiger partial charge in [0.15, 0.2) is 6.10 Å². The van der Waals surface area contributed by atoms with Gasteiger partial charge in [0, 0.05) is 22.8 Å². The zero-order chi connectivity index (χ0) is 35.8. The van der Waals surface area contributed by atoms with Crippen molar-refractivity contribution in [2.75, 3.05) is 17.9 Å². The maximum atomic E-state index is 14.1. The Balaban J connectivity index is 1.52. The molecule has 10 nitrogen and oxygen atoms in total. The standard InChI is InChI=1S/C36H46N4O6S3/c1-24-15-17-27(18-16-24)21-47-22-30(39-49(5,45)46)33(42)38-29(19-26-12-7-6-8-13-26)31(41)35(44)40-23-48-36(3,4)32(40)34(43)37-20-28-14-10-9-11-25(28)2/h6-18,29-32,39,41H,19-23H2,1-5H3,(H,37,43)(H,38,42)/t29-,30+,31-,32+/m0/s1. The topological polar surface area (TPSA) is 145 Å². The van der Waals surface area contributed by atoms with E-state index >= 15 is 0 Å². The Morgan fingerprint density at radius 2 is 1.63 bits per heavy atom. The van der Waals surface area contributed by atoms with Crippen molar-refractivity contribution in [3.05, 3.63) is 107 Å². The predicted molar refractivity (Wildman–Crippen MR) is 197 cm³/mol. The fraction of sp³-hybridized carbons (Fsp3) is 0.417. The van der Waals surface area contributed by atoms with E-state index < -0.39 is 50.8 Å². The molecule has 4 atom stereocenters. The van der Waals surface area contributed by atoms with E-state index in [2.05, 4.69) is 15.4 Å². The average molecular weight is 727 g/mol. The highest BCUT2D eigenvalue weighted by Gasteiger charge is 2.50. The zero-order valence-electron chi connectivity index (χ0n) is 28.5. The number of thioether (sulfide) groups is 2. The van der Waals surface area contributed by atoms with Gasteiger partial charge < -0.3 is 20.6 Å². The summed E-state index contributed by atoms with van der Waals surface area (Å²) < 4.78 is 26.3. The number of nitrogens with one attached hydrogen (secondary N) is 3. The minimum atomic E-state index is -3.78. The molecule has 1 aliphatic heterocycles. The molecule has 0 aliphatic carbocycles. The molecule has 1 saturated heterocycles. The number of nitrogens with zero attached hydrogens (tertiary/aromatic N) is 1. The Hall–Kier alpha value is -3.36. The highest BCUT2D eigenvalue weighted by molar-refractivity contribution is 8.01. The van der Waals surface area contributed by atoms with Crippen LogP contribution < -0.4 is 15.4 Å². The predicted octanol–water partition coefficient (Wildman–Crippen LogP) is 3.54. The second-order valence-corrected chi connectivity index (χ2v) is 17.3. The summed E-state index contributed by atoms with van der Waals surface area (Å²) in [7, 11) is -3.78. The number of aliphatic hydroxyl groups excluding tert-OH is 1. The van der Waals surface area contributed by atoms with Gasteiger partial charge in [-0.1, -0.05) is 84.4 Å². The van der Waals surface area contributed by atoms with Gasteiger partial charge in [-0.3, -0.25) is 14.4 Å². The van der Waals surface area contributed by atoms with E-state index in [9.17, 15) is 27.9 Å². The molecular weight excluding hydrogens is 681 g/mol. The molecule has 0 radical (unpaired) electrons. The van der Waals surface area contributed by atoms with Crippen molar-refractivity contribution in [2.45, 2.75) is 75.4 Å². The van der Waals surface area contributed by atoms with Gasteiger partial charge in [0.05, 0.1) is 18.2 Å². The highest BCUT2D eigenvalue weighted by Crippen LogP contribution is 2.40. The molecule has 13 heteroatoms. The molecule has 3 aromatic rings. The summed E-state index contributed by atoms with van der Waals surface area (Å²) >= 11 is 2.82. The molecule has 49 heavy (non-hydrogen) atoms. The van der Waals surface area contributed by atoms with Crippen molar-refractivity contribution in [3.63, 3.8) is 0 Å². The third-order valence-corrected chi connectivity index (χ3v) is 11.6. The van der Waals surface area contributed by atoms with Crippen LogP contribution in [-0.2, 0) is 43.1 Å². The van der Waals surface area contributed by atoms with Crippen LogP contribution in [0.2, 0.25) is 0 Å². The van der Waals surface area contributed by atoms with Crippen LogP contribution >= 0.6 is 23.5 Å². The number of carbonyl (C=O) groups excluding carboxylic acids is 3. The largest absolute Gasteiger partial charge is 0.381 e. The fourth-order valence-corrected chi connectivity index (χ4v) is 8.61. The van der Waals surface area contributed by atoms with Gasteiger partial charge in [-0.15, -0.1) is 11.8 Å². The lowest BCUT2D eigenvalue weighted by molar-refractivity contribution is -0.147. The molecule has 1 heterocycles. The number of rotatable bonds is 15. The molecule has 1 aliphatic rings. The van der Waals surface area contributed by atoms with E-state index in [1.165, 1.54) is 28.4 Å². The Morgan fingerprint density at radius 1 is 0.980 bits per heavy atom. The van der Waals surface area contributed by atoms with E-state index in [-0.39, 0.29) is 30.5 Å². The number of benzene rings is 3. The van der Waals surface area contributed by atoms with Crippen LogP contribution in [-0.4, -0.2) is 83.0 Å². The maximum absolute atomic E-state index is 14.1. The van der Waals surface area contributed by atoms with Crippen LogP contribution in [0.15, 0.2) is 78.9 Å². The Labute approximate surface area is 298 Å². The quantitative estimate of drug-likeness (QED) is 0.186. The van der Waals surface area contributed by atoms with Gasteiger partial charge in [0.2, 0.25) is 21.8 Å². The van der Waals surface area contributed by atoms with Gasteiger partial charge >= 0.3 is 0 Å². The first-order valence-corrected chi connectivity index (χ1v) is 20.1. The van der Waals surface area contributed by atoms with Crippen LogP contribution in [0.5, 0.6) is 0 Å². The lowest BCUT2D eigenvalue weighted by atomic mass is 9.97. The highest BCUT2D eigenvalue weighted by atomic mass is 32.2. The molecule has 0 spiro atoms. The molecule has 0 unspecified atom stereocenters. The van der Waals surface area contributed by atoms with Crippen LogP contribution in [0.4, 0.5) is 0 Å². The molecule has 0 aromatic heterocycles. The minimum absolute atomic E-state index is 0.0934. The molecule has 0 bridgehead atoms. The molecule has 1 fully saturated rings. The Morgan fingerprint density at radius 3 is 2.29 bits per heavy atom. The van der Waals surface area contributed by atoms with E-state index in [4.69, 9.17) is 0 Å².